The van der Waals surface area contributed by atoms with Crippen molar-refractivity contribution >= 4 is 72.4 Å². The van der Waals surface area contributed by atoms with Crippen molar-refractivity contribution < 1.29 is 13.9 Å². The molecule has 21 heavy (non-hydrogen) atoms. The molecule has 7 heteroatoms. The normalized spacial score (nSPS) is 16.2. The van der Waals surface area contributed by atoms with Crippen LogP contribution < -0.4 is 0 Å². The maximum absolute atomic E-state index is 11.8. The van der Waals surface area contributed by atoms with E-state index in [9.17, 15) is 4.79 Å². The number of nitrogens with zero attached hydrogens (tertiary/aromatic N) is 1. The standard InChI is InChI=1S/C14H6Br2INO3/c15-10-5-9(20-12(10)16)6-11-14(19)21-13(18-11)7-1-3-8(17)4-2-7/h1-6H/b11-6-. The van der Waals surface area contributed by atoms with Gasteiger partial charge in [0.15, 0.2) is 10.4 Å². The summed E-state index contributed by atoms with van der Waals surface area (Å²) < 4.78 is 13.0. The highest BCUT2D eigenvalue weighted by Crippen LogP contribution is 2.29. The highest BCUT2D eigenvalue weighted by Gasteiger charge is 2.24. The van der Waals surface area contributed by atoms with Gasteiger partial charge in [0.25, 0.3) is 0 Å². The zero-order valence-corrected chi connectivity index (χ0v) is 15.6. The monoisotopic (exact) mass is 521 g/mol. The molecule has 0 saturated heterocycles. The third kappa shape index (κ3) is 3.29. The highest BCUT2D eigenvalue weighted by atomic mass is 127. The minimum Gasteiger partial charge on any atom is -0.449 e. The van der Waals surface area contributed by atoms with Crippen LogP contribution in [0.15, 0.2) is 54.6 Å². The van der Waals surface area contributed by atoms with Gasteiger partial charge in [0.2, 0.25) is 5.90 Å². The number of hydrogen-bond donors (Lipinski definition) is 0. The van der Waals surface area contributed by atoms with Crippen LogP contribution in [-0.2, 0) is 9.53 Å². The summed E-state index contributed by atoms with van der Waals surface area (Å²) >= 11 is 8.76. The predicted octanol–water partition coefficient (Wildman–Crippen LogP) is 4.75. The first-order valence-corrected chi connectivity index (χ1v) is 8.43. The van der Waals surface area contributed by atoms with Crippen LogP contribution in [0, 0.1) is 3.57 Å². The lowest BCUT2D eigenvalue weighted by Crippen LogP contribution is -2.05. The van der Waals surface area contributed by atoms with E-state index in [4.69, 9.17) is 9.15 Å². The molecule has 4 nitrogen and oxygen atoms in total. The smallest absolute Gasteiger partial charge is 0.363 e. The molecule has 0 radical (unpaired) electrons. The van der Waals surface area contributed by atoms with Gasteiger partial charge in [-0.1, -0.05) is 0 Å². The number of halogens is 3. The summed E-state index contributed by atoms with van der Waals surface area (Å²) in [5, 5.41) is 0. The van der Waals surface area contributed by atoms with E-state index in [0.717, 1.165) is 13.6 Å². The first-order chi connectivity index (χ1) is 10.0. The maximum atomic E-state index is 11.8. The number of cyclic esters (lactones) is 1. The van der Waals surface area contributed by atoms with Crippen molar-refractivity contribution in [3.63, 3.8) is 0 Å². The van der Waals surface area contributed by atoms with Gasteiger partial charge in [0.05, 0.1) is 4.47 Å². The lowest BCUT2D eigenvalue weighted by Gasteiger charge is -1.98. The average molecular weight is 523 g/mol. The van der Waals surface area contributed by atoms with Crippen LogP contribution >= 0.6 is 54.5 Å². The molecular formula is C14H6Br2INO3. The molecular weight excluding hydrogens is 517 g/mol. The molecule has 1 aliphatic rings. The number of benzene rings is 1. The number of aliphatic imine (C=N–C) groups is 1. The number of carbonyl (C=O) groups excluding carboxylic acids is 1. The third-order valence-electron chi connectivity index (χ3n) is 2.65. The molecule has 0 amide bonds. The SMILES string of the molecule is O=C1OC(c2ccc(I)cc2)=N/C1=C\c1cc(Br)c(Br)o1. The molecule has 1 aromatic carbocycles. The fourth-order valence-electron chi connectivity index (χ4n) is 1.69. The van der Waals surface area contributed by atoms with E-state index in [0.29, 0.717) is 16.3 Å². The quantitative estimate of drug-likeness (QED) is 0.325. The van der Waals surface area contributed by atoms with Crippen molar-refractivity contribution in [3.8, 4) is 0 Å². The van der Waals surface area contributed by atoms with Crippen molar-refractivity contribution in [2.75, 3.05) is 0 Å². The van der Waals surface area contributed by atoms with Crippen molar-refractivity contribution in [1.82, 2.24) is 0 Å². The van der Waals surface area contributed by atoms with Crippen LogP contribution in [0.2, 0.25) is 0 Å². The Labute approximate surface area is 150 Å². The van der Waals surface area contributed by atoms with Crippen LogP contribution in [-0.4, -0.2) is 11.9 Å². The number of carbonyl (C=O) groups is 1. The Morgan fingerprint density at radius 3 is 2.52 bits per heavy atom. The minimum atomic E-state index is -0.493. The lowest BCUT2D eigenvalue weighted by molar-refractivity contribution is -0.129. The molecule has 0 N–H and O–H groups in total. The van der Waals surface area contributed by atoms with E-state index in [-0.39, 0.29) is 5.70 Å². The fourth-order valence-corrected chi connectivity index (χ4v) is 2.66. The molecule has 1 aliphatic heterocycles. The number of rotatable bonds is 2. The van der Waals surface area contributed by atoms with Gasteiger partial charge in [-0.3, -0.25) is 0 Å². The van der Waals surface area contributed by atoms with Crippen LogP contribution in [0.5, 0.6) is 0 Å². The topological polar surface area (TPSA) is 51.8 Å². The molecule has 2 aromatic rings. The molecule has 0 unspecified atom stereocenters. The summed E-state index contributed by atoms with van der Waals surface area (Å²) in [6.45, 7) is 0. The fraction of sp³-hybridized carbons (Fsp3) is 0. The van der Waals surface area contributed by atoms with Crippen molar-refractivity contribution in [1.29, 1.82) is 0 Å². The van der Waals surface area contributed by atoms with Gasteiger partial charge in [0.1, 0.15) is 5.76 Å². The van der Waals surface area contributed by atoms with Crippen LogP contribution in [0.1, 0.15) is 11.3 Å². The Morgan fingerprint density at radius 2 is 1.90 bits per heavy atom. The zero-order chi connectivity index (χ0) is 15.0. The van der Waals surface area contributed by atoms with Crippen LogP contribution in [0.3, 0.4) is 0 Å². The zero-order valence-electron chi connectivity index (χ0n) is 10.3. The average Bonchev–Trinajstić information content (AvgIpc) is 2.95. The Hall–Kier alpha value is -0.930. The van der Waals surface area contributed by atoms with E-state index < -0.39 is 5.97 Å². The van der Waals surface area contributed by atoms with Gasteiger partial charge < -0.3 is 9.15 Å². The van der Waals surface area contributed by atoms with Crippen molar-refractivity contribution in [2.45, 2.75) is 0 Å². The lowest BCUT2D eigenvalue weighted by atomic mass is 10.2. The Kier molecular flexibility index (Phi) is 4.32. The summed E-state index contributed by atoms with van der Waals surface area (Å²) in [4.78, 5) is 16.1. The second-order valence-corrected chi connectivity index (χ2v) is 6.93. The molecule has 0 fully saturated rings. The second-order valence-electron chi connectivity index (χ2n) is 4.11. The van der Waals surface area contributed by atoms with E-state index in [2.05, 4.69) is 59.4 Å². The molecule has 2 heterocycles. The summed E-state index contributed by atoms with van der Waals surface area (Å²) in [6.07, 6.45) is 1.54. The summed E-state index contributed by atoms with van der Waals surface area (Å²) in [6, 6.07) is 9.31. The molecule has 106 valence electrons. The molecule has 0 bridgehead atoms. The summed E-state index contributed by atoms with van der Waals surface area (Å²) in [5.41, 5.74) is 0.964. The van der Waals surface area contributed by atoms with Gasteiger partial charge in [-0.25, -0.2) is 9.79 Å². The van der Waals surface area contributed by atoms with Crippen molar-refractivity contribution in [3.05, 3.63) is 60.1 Å². The molecule has 1 aromatic heterocycles. The molecule has 0 spiro atoms. The molecule has 0 atom stereocenters. The number of ether oxygens (including phenoxy) is 1. The van der Waals surface area contributed by atoms with E-state index in [1.165, 1.54) is 6.08 Å². The minimum absolute atomic E-state index is 0.206. The summed E-state index contributed by atoms with van der Waals surface area (Å²) in [7, 11) is 0. The van der Waals surface area contributed by atoms with E-state index >= 15 is 0 Å². The number of esters is 1. The maximum Gasteiger partial charge on any atom is 0.363 e. The van der Waals surface area contributed by atoms with Gasteiger partial charge >= 0.3 is 5.97 Å². The largest absolute Gasteiger partial charge is 0.449 e. The Morgan fingerprint density at radius 1 is 1.19 bits per heavy atom. The highest BCUT2D eigenvalue weighted by molar-refractivity contribution is 14.1. The number of furan rings is 1. The first-order valence-electron chi connectivity index (χ1n) is 5.76. The molecule has 3 rings (SSSR count). The third-order valence-corrected chi connectivity index (χ3v) is 5.08. The van der Waals surface area contributed by atoms with E-state index in [1.807, 2.05) is 24.3 Å². The molecule has 0 aliphatic carbocycles. The van der Waals surface area contributed by atoms with E-state index in [1.54, 1.807) is 6.07 Å². The van der Waals surface area contributed by atoms with Gasteiger partial charge in [-0.05, 0) is 84.8 Å². The number of hydrogen-bond acceptors (Lipinski definition) is 4. The van der Waals surface area contributed by atoms with Crippen LogP contribution in [0.4, 0.5) is 0 Å². The van der Waals surface area contributed by atoms with Gasteiger partial charge in [0, 0.05) is 15.2 Å². The van der Waals surface area contributed by atoms with Crippen molar-refractivity contribution in [2.24, 2.45) is 4.99 Å². The first kappa shape index (κ1) is 15.0. The predicted molar refractivity (Wildman–Crippen MR) is 93.9 cm³/mol. The Balaban J connectivity index is 1.93. The van der Waals surface area contributed by atoms with Gasteiger partial charge in [-0.15, -0.1) is 0 Å². The van der Waals surface area contributed by atoms with Gasteiger partial charge in [-0.2, -0.15) is 0 Å². The molecule has 0 saturated carbocycles. The Bertz CT molecular complexity index is 759. The second kappa shape index (κ2) is 6.05. The van der Waals surface area contributed by atoms with Crippen LogP contribution in [0.25, 0.3) is 6.08 Å². The summed E-state index contributed by atoms with van der Waals surface area (Å²) in [5.74, 6) is 0.313.